The van der Waals surface area contributed by atoms with Crippen molar-refractivity contribution in [1.29, 1.82) is 5.26 Å². The van der Waals surface area contributed by atoms with E-state index in [9.17, 15) is 14.9 Å². The fourth-order valence-electron chi connectivity index (χ4n) is 4.62. The number of benzene rings is 1. The van der Waals surface area contributed by atoms with Crippen molar-refractivity contribution in [1.82, 2.24) is 14.7 Å². The minimum Gasteiger partial charge on any atom is -0.365 e. The molecule has 3 rings (SSSR count). The molecular formula is C27H38N6O4. The SMILES string of the molecule is C=O.C=O.CCCN(CCC)C(=O)c1ccc(Nc2nn(C(CC#N)C3CCCC3)cc2C(N)=O)cc1. The monoisotopic (exact) mass is 510 g/mol. The third-order valence-electron chi connectivity index (χ3n) is 6.25. The molecule has 1 aliphatic rings. The van der Waals surface area contributed by atoms with Crippen molar-refractivity contribution in [3.05, 3.63) is 41.6 Å². The van der Waals surface area contributed by atoms with Crippen molar-refractivity contribution in [2.75, 3.05) is 18.4 Å². The summed E-state index contributed by atoms with van der Waals surface area (Å²) in [5.74, 6) is 0.175. The van der Waals surface area contributed by atoms with E-state index < -0.39 is 5.91 Å². The molecule has 1 atom stereocenters. The second-order valence-electron chi connectivity index (χ2n) is 8.70. The Labute approximate surface area is 218 Å². The summed E-state index contributed by atoms with van der Waals surface area (Å²) in [6.07, 6.45) is 8.24. The first kappa shape index (κ1) is 31.0. The van der Waals surface area contributed by atoms with E-state index in [4.69, 9.17) is 15.3 Å². The first-order chi connectivity index (χ1) is 18.0. The lowest BCUT2D eigenvalue weighted by Crippen LogP contribution is -2.32. The number of primary amides is 1. The third kappa shape index (κ3) is 8.56. The van der Waals surface area contributed by atoms with Crippen LogP contribution in [0.4, 0.5) is 11.5 Å². The van der Waals surface area contributed by atoms with Gasteiger partial charge in [-0.05, 0) is 55.9 Å². The predicted molar refractivity (Wildman–Crippen MR) is 142 cm³/mol. The predicted octanol–water partition coefficient (Wildman–Crippen LogP) is 4.26. The van der Waals surface area contributed by atoms with Crippen LogP contribution in [0.5, 0.6) is 0 Å². The molecule has 1 saturated carbocycles. The van der Waals surface area contributed by atoms with Crippen LogP contribution < -0.4 is 11.1 Å². The Morgan fingerprint density at radius 1 is 1.14 bits per heavy atom. The Morgan fingerprint density at radius 2 is 1.70 bits per heavy atom. The summed E-state index contributed by atoms with van der Waals surface area (Å²) in [7, 11) is 0. The largest absolute Gasteiger partial charge is 0.365 e. The number of nitrogens with two attached hydrogens (primary N) is 1. The molecule has 1 fully saturated rings. The van der Waals surface area contributed by atoms with Crippen molar-refractivity contribution >= 4 is 36.9 Å². The van der Waals surface area contributed by atoms with Crippen LogP contribution in [0.3, 0.4) is 0 Å². The van der Waals surface area contributed by atoms with Crippen LogP contribution >= 0.6 is 0 Å². The van der Waals surface area contributed by atoms with Crippen molar-refractivity contribution in [3.63, 3.8) is 0 Å². The Morgan fingerprint density at radius 3 is 2.19 bits per heavy atom. The molecule has 1 unspecified atom stereocenters. The average molecular weight is 511 g/mol. The van der Waals surface area contributed by atoms with Crippen LogP contribution in [-0.2, 0) is 9.59 Å². The highest BCUT2D eigenvalue weighted by molar-refractivity contribution is 5.98. The summed E-state index contributed by atoms with van der Waals surface area (Å²) in [5.41, 5.74) is 7.23. The molecule has 3 N–H and O–H groups in total. The van der Waals surface area contributed by atoms with E-state index in [1.807, 2.05) is 18.5 Å². The number of hydrogen-bond acceptors (Lipinski definition) is 7. The lowest BCUT2D eigenvalue weighted by Gasteiger charge is -2.21. The van der Waals surface area contributed by atoms with E-state index >= 15 is 0 Å². The van der Waals surface area contributed by atoms with Crippen molar-refractivity contribution in [2.45, 2.75) is 64.8 Å². The Hall–Kier alpha value is -4.00. The van der Waals surface area contributed by atoms with Crippen LogP contribution in [0.2, 0.25) is 0 Å². The van der Waals surface area contributed by atoms with E-state index in [2.05, 4.69) is 30.3 Å². The minimum atomic E-state index is -0.576. The number of aromatic nitrogens is 2. The maximum absolute atomic E-state index is 12.8. The number of carbonyl (C=O) groups excluding carboxylic acids is 4. The van der Waals surface area contributed by atoms with Crippen LogP contribution in [-0.4, -0.2) is 53.2 Å². The molecule has 200 valence electrons. The van der Waals surface area contributed by atoms with E-state index in [0.717, 1.165) is 51.6 Å². The Balaban J connectivity index is 0.00000163. The van der Waals surface area contributed by atoms with Crippen molar-refractivity contribution in [3.8, 4) is 6.07 Å². The molecule has 0 radical (unpaired) electrons. The quantitative estimate of drug-likeness (QED) is 0.458. The summed E-state index contributed by atoms with van der Waals surface area (Å²) < 4.78 is 1.73. The third-order valence-corrected chi connectivity index (χ3v) is 6.25. The van der Waals surface area contributed by atoms with E-state index in [-0.39, 0.29) is 17.5 Å². The topological polar surface area (TPSA) is 151 Å². The smallest absolute Gasteiger partial charge is 0.254 e. The molecule has 1 aromatic carbocycles. The van der Waals surface area contributed by atoms with Gasteiger partial charge in [-0.1, -0.05) is 26.7 Å². The number of carbonyl (C=O) groups is 4. The zero-order valence-corrected chi connectivity index (χ0v) is 21.8. The number of nitriles is 1. The van der Waals surface area contributed by atoms with Gasteiger partial charge >= 0.3 is 0 Å². The molecule has 1 heterocycles. The molecule has 0 bridgehead atoms. The average Bonchev–Trinajstić information content (AvgIpc) is 3.60. The molecule has 2 aromatic rings. The lowest BCUT2D eigenvalue weighted by molar-refractivity contribution is -0.0987. The van der Waals surface area contributed by atoms with Gasteiger partial charge in [-0.2, -0.15) is 10.4 Å². The van der Waals surface area contributed by atoms with Gasteiger partial charge in [-0.25, -0.2) is 0 Å². The highest BCUT2D eigenvalue weighted by Crippen LogP contribution is 2.36. The zero-order valence-electron chi connectivity index (χ0n) is 21.8. The zero-order chi connectivity index (χ0) is 27.8. The van der Waals surface area contributed by atoms with E-state index in [1.54, 1.807) is 35.1 Å². The summed E-state index contributed by atoms with van der Waals surface area (Å²) >= 11 is 0. The number of nitrogens with one attached hydrogen (secondary N) is 1. The molecule has 2 amide bonds. The minimum absolute atomic E-state index is 0.0169. The number of rotatable bonds is 11. The number of anilines is 2. The van der Waals surface area contributed by atoms with Gasteiger partial charge in [0.2, 0.25) is 0 Å². The second-order valence-corrected chi connectivity index (χ2v) is 8.70. The van der Waals surface area contributed by atoms with Crippen LogP contribution in [0.25, 0.3) is 0 Å². The van der Waals surface area contributed by atoms with Gasteiger partial charge < -0.3 is 25.5 Å². The van der Waals surface area contributed by atoms with Crippen LogP contribution in [0.1, 0.15) is 85.6 Å². The summed E-state index contributed by atoms with van der Waals surface area (Å²) in [4.78, 5) is 42.8. The first-order valence-electron chi connectivity index (χ1n) is 12.5. The molecular weight excluding hydrogens is 472 g/mol. The summed E-state index contributed by atoms with van der Waals surface area (Å²) in [6, 6.07) is 9.35. The maximum atomic E-state index is 12.8. The van der Waals surface area contributed by atoms with Gasteiger partial charge in [0.1, 0.15) is 19.1 Å². The highest BCUT2D eigenvalue weighted by Gasteiger charge is 2.28. The molecule has 0 spiro atoms. The van der Waals surface area contributed by atoms with Gasteiger partial charge in [-0.3, -0.25) is 14.3 Å². The highest BCUT2D eigenvalue weighted by atomic mass is 16.2. The van der Waals surface area contributed by atoms with Gasteiger partial charge in [0.05, 0.1) is 18.5 Å². The molecule has 0 aliphatic heterocycles. The number of amides is 2. The molecule has 1 aromatic heterocycles. The number of nitrogens with zero attached hydrogens (tertiary/aromatic N) is 4. The van der Waals surface area contributed by atoms with E-state index in [1.165, 1.54) is 0 Å². The van der Waals surface area contributed by atoms with Gasteiger partial charge in [-0.15, -0.1) is 0 Å². The summed E-state index contributed by atoms with van der Waals surface area (Å²) in [6.45, 7) is 9.59. The normalized spacial score (nSPS) is 13.2. The van der Waals surface area contributed by atoms with Gasteiger partial charge in [0.15, 0.2) is 5.82 Å². The molecule has 10 heteroatoms. The fraction of sp³-hybridized carbons (Fsp3) is 0.481. The molecule has 37 heavy (non-hydrogen) atoms. The molecule has 0 saturated heterocycles. The van der Waals surface area contributed by atoms with Gasteiger partial charge in [0, 0.05) is 30.5 Å². The Kier molecular flexibility index (Phi) is 13.9. The van der Waals surface area contributed by atoms with Crippen molar-refractivity contribution in [2.24, 2.45) is 11.7 Å². The van der Waals surface area contributed by atoms with Crippen molar-refractivity contribution < 1.29 is 19.2 Å². The number of hydrogen-bond donors (Lipinski definition) is 2. The second kappa shape index (κ2) is 16.6. The lowest BCUT2D eigenvalue weighted by atomic mass is 9.96. The van der Waals surface area contributed by atoms with Gasteiger partial charge in [0.25, 0.3) is 11.8 Å². The molecule has 10 nitrogen and oxygen atoms in total. The van der Waals surface area contributed by atoms with E-state index in [0.29, 0.717) is 29.4 Å². The summed E-state index contributed by atoms with van der Waals surface area (Å²) in [5, 5.41) is 17.1. The first-order valence-corrected chi connectivity index (χ1v) is 12.5. The standard InChI is InChI=1S/C25H34N6O2.2CH2O/c1-3-15-30(16-4-2)25(33)19-9-11-20(12-10-19)28-24-21(23(27)32)17-31(29-24)22(13-14-26)18-7-5-6-8-18;2*1-2/h9-12,17-18,22H,3-8,13,15-16H2,1-2H3,(H2,27,32)(H,28,29);2*1H2. The maximum Gasteiger partial charge on any atom is 0.254 e. The molecule has 1 aliphatic carbocycles. The van der Waals surface area contributed by atoms with Crippen LogP contribution in [0.15, 0.2) is 30.5 Å². The van der Waals surface area contributed by atoms with Crippen LogP contribution in [0, 0.1) is 17.2 Å². The fourth-order valence-corrected chi connectivity index (χ4v) is 4.62. The Bertz CT molecular complexity index is 1020.